The summed E-state index contributed by atoms with van der Waals surface area (Å²) in [5.74, 6) is -4.49. The second kappa shape index (κ2) is 13.6. The molecule has 1 rings (SSSR count). The van der Waals surface area contributed by atoms with Gasteiger partial charge in [0.05, 0.1) is 13.1 Å². The number of rotatable bonds is 12. The van der Waals surface area contributed by atoms with Crippen molar-refractivity contribution in [3.63, 3.8) is 0 Å². The number of carbonyl (C=O) groups excluding carboxylic acids is 5. The molecule has 7 N–H and O–H groups in total. The summed E-state index contributed by atoms with van der Waals surface area (Å²) in [6.07, 6.45) is 0.942. The summed E-state index contributed by atoms with van der Waals surface area (Å²) < 4.78 is 0. The number of aliphatic carboxylic acids is 1. The second-order valence-corrected chi connectivity index (χ2v) is 9.26. The fraction of sp³-hybridized carbons (Fsp3) is 0.727. The van der Waals surface area contributed by atoms with Crippen LogP contribution in [-0.2, 0) is 28.8 Å². The van der Waals surface area contributed by atoms with Crippen LogP contribution >= 0.6 is 0 Å². The quantitative estimate of drug-likeness (QED) is 0.176. The van der Waals surface area contributed by atoms with E-state index >= 15 is 0 Å². The summed E-state index contributed by atoms with van der Waals surface area (Å²) in [6.45, 7) is 7.86. The van der Waals surface area contributed by atoms with Gasteiger partial charge in [0, 0.05) is 6.54 Å². The van der Waals surface area contributed by atoms with Crippen LogP contribution in [-0.4, -0.2) is 89.3 Å². The third-order valence-corrected chi connectivity index (χ3v) is 5.69. The highest BCUT2D eigenvalue weighted by molar-refractivity contribution is 5.95. The molecule has 0 aromatic carbocycles. The maximum absolute atomic E-state index is 13.0. The van der Waals surface area contributed by atoms with Crippen molar-refractivity contribution >= 4 is 35.5 Å². The molecule has 1 heterocycles. The van der Waals surface area contributed by atoms with Crippen molar-refractivity contribution in [2.45, 2.75) is 71.6 Å². The standard InChI is InChI=1S/C22H38N6O7/c1-11(2)17(26-15(29)9-23)20(32)25-13(5)21(33)28-8-6-7-14(28)19(31)24-10-16(30)27-18(12(3)4)22(34)35/h11-14,17-18H,6-10,23H2,1-5H3,(H,24,31)(H,25,32)(H,26,29)(H,27,30)(H,34,35). The van der Waals surface area contributed by atoms with Crippen molar-refractivity contribution in [3.8, 4) is 0 Å². The van der Waals surface area contributed by atoms with Crippen LogP contribution in [0.25, 0.3) is 0 Å². The molecule has 4 unspecified atom stereocenters. The monoisotopic (exact) mass is 498 g/mol. The minimum absolute atomic E-state index is 0.249. The molecule has 0 radical (unpaired) electrons. The highest BCUT2D eigenvalue weighted by Crippen LogP contribution is 2.18. The number of hydrogen-bond donors (Lipinski definition) is 6. The normalized spacial score (nSPS) is 17.9. The van der Waals surface area contributed by atoms with Gasteiger partial charge in [-0.15, -0.1) is 0 Å². The van der Waals surface area contributed by atoms with E-state index in [-0.39, 0.29) is 18.4 Å². The van der Waals surface area contributed by atoms with Gasteiger partial charge in [0.25, 0.3) is 0 Å². The maximum Gasteiger partial charge on any atom is 0.326 e. The fourth-order valence-corrected chi connectivity index (χ4v) is 3.71. The van der Waals surface area contributed by atoms with Crippen LogP contribution in [0.3, 0.4) is 0 Å². The summed E-state index contributed by atoms with van der Waals surface area (Å²) >= 11 is 0. The Hall–Kier alpha value is -3.22. The van der Waals surface area contributed by atoms with Gasteiger partial charge in [0.2, 0.25) is 29.5 Å². The van der Waals surface area contributed by atoms with E-state index in [0.717, 1.165) is 0 Å². The lowest BCUT2D eigenvalue weighted by atomic mass is 10.0. The average Bonchev–Trinajstić information content (AvgIpc) is 3.27. The van der Waals surface area contributed by atoms with E-state index < -0.39 is 66.2 Å². The summed E-state index contributed by atoms with van der Waals surface area (Å²) in [5, 5.41) is 19.1. The molecule has 4 atom stereocenters. The lowest BCUT2D eigenvalue weighted by Gasteiger charge is -2.29. The molecule has 0 bridgehead atoms. The Labute approximate surface area is 204 Å². The first kappa shape index (κ1) is 29.8. The van der Waals surface area contributed by atoms with Gasteiger partial charge in [0.1, 0.15) is 24.2 Å². The van der Waals surface area contributed by atoms with Gasteiger partial charge in [0.15, 0.2) is 0 Å². The van der Waals surface area contributed by atoms with Gasteiger partial charge in [-0.1, -0.05) is 27.7 Å². The number of carboxylic acids is 1. The van der Waals surface area contributed by atoms with E-state index in [1.807, 2.05) is 0 Å². The number of hydrogen-bond acceptors (Lipinski definition) is 7. The minimum atomic E-state index is -1.18. The Balaban J connectivity index is 2.72. The van der Waals surface area contributed by atoms with Crippen molar-refractivity contribution < 1.29 is 33.9 Å². The molecule has 198 valence electrons. The van der Waals surface area contributed by atoms with E-state index in [1.54, 1.807) is 27.7 Å². The summed E-state index contributed by atoms with van der Waals surface area (Å²) in [7, 11) is 0. The number of nitrogens with one attached hydrogen (secondary N) is 4. The largest absolute Gasteiger partial charge is 0.480 e. The Morgan fingerprint density at radius 3 is 2.00 bits per heavy atom. The first-order valence-corrected chi connectivity index (χ1v) is 11.7. The lowest BCUT2D eigenvalue weighted by Crippen LogP contribution is -2.57. The minimum Gasteiger partial charge on any atom is -0.480 e. The third-order valence-electron chi connectivity index (χ3n) is 5.69. The Morgan fingerprint density at radius 2 is 1.49 bits per heavy atom. The third kappa shape index (κ3) is 8.81. The molecule has 5 amide bonds. The van der Waals surface area contributed by atoms with Crippen molar-refractivity contribution in [2.24, 2.45) is 17.6 Å². The lowest BCUT2D eigenvalue weighted by molar-refractivity contribution is -0.143. The molecule has 0 aromatic rings. The van der Waals surface area contributed by atoms with E-state index in [9.17, 15) is 33.9 Å². The van der Waals surface area contributed by atoms with Gasteiger partial charge >= 0.3 is 5.97 Å². The average molecular weight is 499 g/mol. The van der Waals surface area contributed by atoms with Crippen LogP contribution in [0.15, 0.2) is 0 Å². The maximum atomic E-state index is 13.0. The highest BCUT2D eigenvalue weighted by Gasteiger charge is 2.37. The van der Waals surface area contributed by atoms with Gasteiger partial charge in [-0.2, -0.15) is 0 Å². The Bertz CT molecular complexity index is 816. The SMILES string of the molecule is CC(NC(=O)C(NC(=O)CN)C(C)C)C(=O)N1CCCC1C(=O)NCC(=O)NC(C(=O)O)C(C)C. The van der Waals surface area contributed by atoms with Gasteiger partial charge in [-0.05, 0) is 31.6 Å². The van der Waals surface area contributed by atoms with Crippen LogP contribution < -0.4 is 27.0 Å². The summed E-state index contributed by atoms with van der Waals surface area (Å²) in [4.78, 5) is 74.6. The Morgan fingerprint density at radius 1 is 0.914 bits per heavy atom. The molecule has 0 saturated carbocycles. The van der Waals surface area contributed by atoms with Crippen molar-refractivity contribution in [2.75, 3.05) is 19.6 Å². The first-order chi connectivity index (χ1) is 16.3. The number of amides is 5. The smallest absolute Gasteiger partial charge is 0.326 e. The van der Waals surface area contributed by atoms with Crippen LogP contribution in [0.2, 0.25) is 0 Å². The zero-order valence-corrected chi connectivity index (χ0v) is 20.9. The molecule has 35 heavy (non-hydrogen) atoms. The number of carbonyl (C=O) groups is 6. The van der Waals surface area contributed by atoms with Crippen molar-refractivity contribution in [3.05, 3.63) is 0 Å². The Kier molecular flexibility index (Phi) is 11.6. The fourth-order valence-electron chi connectivity index (χ4n) is 3.71. The van der Waals surface area contributed by atoms with Crippen LogP contribution in [0.5, 0.6) is 0 Å². The number of nitrogens with zero attached hydrogens (tertiary/aromatic N) is 1. The van der Waals surface area contributed by atoms with Crippen LogP contribution in [0, 0.1) is 11.8 Å². The molecule has 1 aliphatic heterocycles. The van der Waals surface area contributed by atoms with Gasteiger partial charge in [-0.3, -0.25) is 24.0 Å². The van der Waals surface area contributed by atoms with E-state index in [1.165, 1.54) is 11.8 Å². The molecular weight excluding hydrogens is 460 g/mol. The molecule has 1 aliphatic rings. The second-order valence-electron chi connectivity index (χ2n) is 9.26. The molecule has 1 fully saturated rings. The molecule has 1 saturated heterocycles. The van der Waals surface area contributed by atoms with Crippen LogP contribution in [0.1, 0.15) is 47.5 Å². The summed E-state index contributed by atoms with van der Waals surface area (Å²) in [5.41, 5.74) is 5.30. The molecular formula is C22H38N6O7. The molecule has 13 nitrogen and oxygen atoms in total. The number of likely N-dealkylation sites (tertiary alicyclic amines) is 1. The number of carboxylic acid groups (broad SMARTS) is 1. The van der Waals surface area contributed by atoms with E-state index in [2.05, 4.69) is 21.3 Å². The van der Waals surface area contributed by atoms with Gasteiger partial charge in [-0.25, -0.2) is 4.79 Å². The van der Waals surface area contributed by atoms with Crippen molar-refractivity contribution in [1.29, 1.82) is 0 Å². The zero-order valence-electron chi connectivity index (χ0n) is 20.9. The molecule has 0 aliphatic carbocycles. The molecule has 0 spiro atoms. The first-order valence-electron chi connectivity index (χ1n) is 11.7. The summed E-state index contributed by atoms with van der Waals surface area (Å²) in [6, 6.07) is -3.75. The highest BCUT2D eigenvalue weighted by atomic mass is 16.4. The zero-order chi connectivity index (χ0) is 26.9. The van der Waals surface area contributed by atoms with Gasteiger partial charge < -0.3 is 37.0 Å². The molecule has 0 aromatic heterocycles. The van der Waals surface area contributed by atoms with Crippen LogP contribution in [0.4, 0.5) is 0 Å². The predicted molar refractivity (Wildman–Crippen MR) is 126 cm³/mol. The van der Waals surface area contributed by atoms with Crippen molar-refractivity contribution in [1.82, 2.24) is 26.2 Å². The van der Waals surface area contributed by atoms with E-state index in [0.29, 0.717) is 19.4 Å². The number of nitrogens with two attached hydrogens (primary N) is 1. The molecule has 13 heteroatoms. The topological polar surface area (TPSA) is 200 Å². The van der Waals surface area contributed by atoms with E-state index in [4.69, 9.17) is 5.73 Å². The predicted octanol–water partition coefficient (Wildman–Crippen LogP) is -2.08.